The van der Waals surface area contributed by atoms with Gasteiger partial charge in [-0.2, -0.15) is 0 Å². The van der Waals surface area contributed by atoms with Gasteiger partial charge in [-0.1, -0.05) is 183 Å². The first-order valence-electron chi connectivity index (χ1n) is 22.5. The van der Waals surface area contributed by atoms with E-state index in [4.69, 9.17) is 16.0 Å². The Bertz CT molecular complexity index is 2580. The predicted octanol–water partition coefficient (Wildman–Crippen LogP) is 17.6. The molecule has 6 aromatic carbocycles. The van der Waals surface area contributed by atoms with Crippen molar-refractivity contribution in [1.29, 1.82) is 0 Å². The molecule has 1 aromatic heterocycles. The monoisotopic (exact) mass is 782 g/mol. The lowest BCUT2D eigenvalue weighted by Gasteiger charge is -2.33. The summed E-state index contributed by atoms with van der Waals surface area (Å²) in [5, 5.41) is 2.91. The Labute approximate surface area is 351 Å². The SMILES string of the molecule is CCCCCCCCC1(CCCCCCCC)c2ccccc2-c2ccc(-c3ccc4c(c3)C(C)(C)c3cc(-c5ccc6c(c5)oc5cc(Cl)ccc56)ccc3-4)cc21. The summed E-state index contributed by atoms with van der Waals surface area (Å²) in [7, 11) is 0. The van der Waals surface area contributed by atoms with E-state index in [-0.39, 0.29) is 10.8 Å². The van der Waals surface area contributed by atoms with Crippen molar-refractivity contribution in [3.05, 3.63) is 143 Å². The summed E-state index contributed by atoms with van der Waals surface area (Å²) in [5.74, 6) is 0. The van der Waals surface area contributed by atoms with Crippen molar-refractivity contribution in [1.82, 2.24) is 0 Å². The summed E-state index contributed by atoms with van der Waals surface area (Å²) in [6.07, 6.45) is 18.5. The van der Waals surface area contributed by atoms with Crippen molar-refractivity contribution in [2.75, 3.05) is 0 Å². The molecule has 1 nitrogen and oxygen atoms in total. The van der Waals surface area contributed by atoms with Crippen molar-refractivity contribution in [2.24, 2.45) is 0 Å². The Kier molecular flexibility index (Phi) is 10.9. The standard InChI is InChI=1S/C56H59ClO/c1-5-7-9-11-13-17-31-56(32-18-14-12-10-8-6-2)49-20-16-15-19-43(49)46-28-23-40(35-52(46)56)38-21-26-44-45-27-22-39(34-51(45)55(3,4)50(44)33-38)41-24-29-47-48-30-25-42(57)37-54(48)58-53(47)36-41/h15-16,19-30,33-37H,5-14,17-18,31-32H2,1-4H3. The van der Waals surface area contributed by atoms with Gasteiger partial charge < -0.3 is 4.42 Å². The third-order valence-corrected chi connectivity index (χ3v) is 14.2. The molecule has 7 aromatic rings. The van der Waals surface area contributed by atoms with E-state index in [2.05, 4.69) is 131 Å². The molecule has 2 aliphatic rings. The van der Waals surface area contributed by atoms with Crippen molar-refractivity contribution < 1.29 is 4.42 Å². The van der Waals surface area contributed by atoms with Gasteiger partial charge >= 0.3 is 0 Å². The highest BCUT2D eigenvalue weighted by Crippen LogP contribution is 2.56. The van der Waals surface area contributed by atoms with Gasteiger partial charge in [-0.25, -0.2) is 0 Å². The minimum Gasteiger partial charge on any atom is -0.456 e. The Morgan fingerprint density at radius 1 is 0.431 bits per heavy atom. The van der Waals surface area contributed by atoms with Gasteiger partial charge in [0.15, 0.2) is 0 Å². The molecule has 296 valence electrons. The average molecular weight is 784 g/mol. The fourth-order valence-electron chi connectivity index (χ4n) is 10.7. The lowest BCUT2D eigenvalue weighted by atomic mass is 9.70. The van der Waals surface area contributed by atoms with E-state index in [0.29, 0.717) is 5.02 Å². The van der Waals surface area contributed by atoms with Crippen LogP contribution in [0.25, 0.3) is 66.4 Å². The van der Waals surface area contributed by atoms with Gasteiger partial charge in [-0.15, -0.1) is 0 Å². The number of halogens is 1. The molecule has 0 N–H and O–H groups in total. The fraction of sp³-hybridized carbons (Fsp3) is 0.357. The van der Waals surface area contributed by atoms with Crippen LogP contribution in [-0.4, -0.2) is 0 Å². The summed E-state index contributed by atoms with van der Waals surface area (Å²) in [6, 6.07) is 43.7. The van der Waals surface area contributed by atoms with Crippen molar-refractivity contribution in [3.8, 4) is 44.5 Å². The second-order valence-electron chi connectivity index (χ2n) is 18.0. The Morgan fingerprint density at radius 3 is 1.48 bits per heavy atom. The zero-order chi connectivity index (χ0) is 39.9. The number of rotatable bonds is 16. The van der Waals surface area contributed by atoms with Gasteiger partial charge in [0, 0.05) is 32.7 Å². The Hall–Kier alpha value is -4.59. The molecular formula is C56H59ClO. The smallest absolute Gasteiger partial charge is 0.136 e. The lowest BCUT2D eigenvalue weighted by molar-refractivity contribution is 0.398. The highest BCUT2D eigenvalue weighted by molar-refractivity contribution is 6.31. The maximum Gasteiger partial charge on any atom is 0.136 e. The number of fused-ring (bicyclic) bond motifs is 9. The number of unbranched alkanes of at least 4 members (excludes halogenated alkanes) is 10. The van der Waals surface area contributed by atoms with E-state index in [1.54, 1.807) is 11.1 Å². The van der Waals surface area contributed by atoms with Crippen LogP contribution in [0, 0.1) is 0 Å². The largest absolute Gasteiger partial charge is 0.456 e. The molecule has 1 heterocycles. The maximum absolute atomic E-state index is 6.29. The number of furan rings is 1. The van der Waals surface area contributed by atoms with Crippen LogP contribution >= 0.6 is 11.6 Å². The molecule has 0 saturated heterocycles. The van der Waals surface area contributed by atoms with Crippen molar-refractivity contribution in [3.63, 3.8) is 0 Å². The van der Waals surface area contributed by atoms with Gasteiger partial charge in [-0.3, -0.25) is 0 Å². The van der Waals surface area contributed by atoms with Crippen LogP contribution in [-0.2, 0) is 10.8 Å². The second kappa shape index (κ2) is 16.2. The highest BCUT2D eigenvalue weighted by atomic mass is 35.5. The van der Waals surface area contributed by atoms with E-state index >= 15 is 0 Å². The lowest BCUT2D eigenvalue weighted by Crippen LogP contribution is -2.25. The third-order valence-electron chi connectivity index (χ3n) is 14.0. The molecule has 0 aliphatic heterocycles. The van der Waals surface area contributed by atoms with E-state index in [0.717, 1.165) is 27.5 Å². The Morgan fingerprint density at radius 2 is 0.879 bits per heavy atom. The van der Waals surface area contributed by atoms with Gasteiger partial charge in [-0.05, 0) is 122 Å². The summed E-state index contributed by atoms with van der Waals surface area (Å²) in [4.78, 5) is 0. The van der Waals surface area contributed by atoms with Gasteiger partial charge in [0.1, 0.15) is 11.2 Å². The molecule has 9 rings (SSSR count). The van der Waals surface area contributed by atoms with Crippen LogP contribution < -0.4 is 0 Å². The summed E-state index contributed by atoms with van der Waals surface area (Å²) in [6.45, 7) is 9.45. The molecule has 0 bridgehead atoms. The van der Waals surface area contributed by atoms with E-state index in [1.807, 2.05) is 12.1 Å². The first-order chi connectivity index (χ1) is 28.3. The minimum absolute atomic E-state index is 0.0819. The van der Waals surface area contributed by atoms with E-state index < -0.39 is 0 Å². The number of benzene rings is 6. The molecule has 0 fully saturated rings. The molecule has 0 unspecified atom stereocenters. The number of hydrogen-bond acceptors (Lipinski definition) is 1. The molecule has 0 saturated carbocycles. The predicted molar refractivity (Wildman–Crippen MR) is 249 cm³/mol. The third kappa shape index (κ3) is 6.92. The van der Waals surface area contributed by atoms with Crippen molar-refractivity contribution >= 4 is 33.5 Å². The second-order valence-corrected chi connectivity index (χ2v) is 18.5. The van der Waals surface area contributed by atoms with Crippen LogP contribution in [0.5, 0.6) is 0 Å². The van der Waals surface area contributed by atoms with Crippen LogP contribution in [0.1, 0.15) is 140 Å². The molecule has 0 spiro atoms. The van der Waals surface area contributed by atoms with Gasteiger partial charge in [0.05, 0.1) is 0 Å². The first-order valence-corrected chi connectivity index (χ1v) is 22.9. The van der Waals surface area contributed by atoms with Crippen LogP contribution in [0.2, 0.25) is 5.02 Å². The minimum atomic E-state index is -0.136. The van der Waals surface area contributed by atoms with Gasteiger partial charge in [0.2, 0.25) is 0 Å². The summed E-state index contributed by atoms with van der Waals surface area (Å²) < 4.78 is 6.28. The topological polar surface area (TPSA) is 13.1 Å². The molecule has 2 heteroatoms. The number of hydrogen-bond donors (Lipinski definition) is 0. The molecule has 0 radical (unpaired) electrons. The average Bonchev–Trinajstić information content (AvgIpc) is 3.82. The van der Waals surface area contributed by atoms with Crippen LogP contribution in [0.4, 0.5) is 0 Å². The van der Waals surface area contributed by atoms with Gasteiger partial charge in [0.25, 0.3) is 0 Å². The quantitative estimate of drug-likeness (QED) is 0.0890. The molecular weight excluding hydrogens is 724 g/mol. The molecule has 0 atom stereocenters. The van der Waals surface area contributed by atoms with E-state index in [9.17, 15) is 0 Å². The zero-order valence-electron chi connectivity index (χ0n) is 35.2. The normalized spacial score (nSPS) is 14.5. The Balaban J connectivity index is 1.04. The molecule has 0 amide bonds. The molecule has 2 aliphatic carbocycles. The van der Waals surface area contributed by atoms with Crippen LogP contribution in [0.15, 0.2) is 120 Å². The first kappa shape index (κ1) is 38.9. The highest BCUT2D eigenvalue weighted by Gasteiger charge is 2.42. The molecule has 58 heavy (non-hydrogen) atoms. The fourth-order valence-corrected chi connectivity index (χ4v) is 10.9. The summed E-state index contributed by atoms with van der Waals surface area (Å²) in [5.41, 5.74) is 18.3. The van der Waals surface area contributed by atoms with E-state index in [1.165, 1.54) is 140 Å². The zero-order valence-corrected chi connectivity index (χ0v) is 35.9. The van der Waals surface area contributed by atoms with Crippen molar-refractivity contribution in [2.45, 2.75) is 128 Å². The summed E-state index contributed by atoms with van der Waals surface area (Å²) >= 11 is 6.29. The maximum atomic E-state index is 6.29. The van der Waals surface area contributed by atoms with Crippen LogP contribution in [0.3, 0.4) is 0 Å².